The first-order chi connectivity index (χ1) is 15.2. The van der Waals surface area contributed by atoms with E-state index in [1.54, 1.807) is 11.3 Å². The number of carbonyl (C=O) groups excluding carboxylic acids is 1. The van der Waals surface area contributed by atoms with Gasteiger partial charge in [0.15, 0.2) is 0 Å². The lowest BCUT2D eigenvalue weighted by atomic mass is 10.1. The van der Waals surface area contributed by atoms with E-state index in [-0.39, 0.29) is 11.8 Å². The lowest BCUT2D eigenvalue weighted by Gasteiger charge is -2.35. The van der Waals surface area contributed by atoms with Crippen molar-refractivity contribution in [3.63, 3.8) is 0 Å². The van der Waals surface area contributed by atoms with Crippen molar-refractivity contribution in [2.45, 2.75) is 12.8 Å². The Kier molecular flexibility index (Phi) is 6.15. The molecule has 0 radical (unpaired) electrons. The quantitative estimate of drug-likeness (QED) is 0.587. The van der Waals surface area contributed by atoms with E-state index >= 15 is 0 Å². The highest BCUT2D eigenvalue weighted by molar-refractivity contribution is 7.20. The second kappa shape index (κ2) is 9.34. The number of hydrogen-bond acceptors (Lipinski definition) is 6. The first kappa shape index (κ1) is 20.4. The van der Waals surface area contributed by atoms with Crippen molar-refractivity contribution in [3.8, 4) is 10.9 Å². The number of thiazole rings is 1. The van der Waals surface area contributed by atoms with Crippen molar-refractivity contribution >= 4 is 27.5 Å². The molecule has 7 heteroatoms. The maximum Gasteiger partial charge on any atom is 0.279 e. The van der Waals surface area contributed by atoms with Gasteiger partial charge in [0.2, 0.25) is 5.91 Å². The van der Waals surface area contributed by atoms with Crippen LogP contribution in [0.2, 0.25) is 0 Å². The van der Waals surface area contributed by atoms with Gasteiger partial charge in [-0.15, -0.1) is 0 Å². The molecular weight excluding hydrogens is 410 g/mol. The third kappa shape index (κ3) is 4.89. The number of rotatable bonds is 6. The van der Waals surface area contributed by atoms with Crippen LogP contribution in [0.1, 0.15) is 12.0 Å². The predicted molar refractivity (Wildman–Crippen MR) is 122 cm³/mol. The Labute approximate surface area is 186 Å². The number of piperazine rings is 1. The van der Waals surface area contributed by atoms with Crippen molar-refractivity contribution in [3.05, 3.63) is 54.1 Å². The molecule has 0 spiro atoms. The van der Waals surface area contributed by atoms with Gasteiger partial charge >= 0.3 is 0 Å². The van der Waals surface area contributed by atoms with Crippen LogP contribution in [-0.2, 0) is 16.0 Å². The molecule has 0 bridgehead atoms. The van der Waals surface area contributed by atoms with E-state index in [2.05, 4.69) is 28.1 Å². The molecule has 2 aromatic carbocycles. The molecule has 3 heterocycles. The lowest BCUT2D eigenvalue weighted by molar-refractivity contribution is -0.137. The fourth-order valence-corrected chi connectivity index (χ4v) is 5.02. The van der Waals surface area contributed by atoms with Gasteiger partial charge in [0.1, 0.15) is 5.75 Å². The van der Waals surface area contributed by atoms with Gasteiger partial charge in [-0.05, 0) is 42.7 Å². The Hall–Kier alpha value is -2.48. The summed E-state index contributed by atoms with van der Waals surface area (Å²) in [5.74, 6) is 1.17. The van der Waals surface area contributed by atoms with Crippen LogP contribution < -0.4 is 4.74 Å². The largest absolute Gasteiger partial charge is 0.431 e. The van der Waals surface area contributed by atoms with E-state index in [0.717, 1.165) is 68.1 Å². The zero-order valence-electron chi connectivity index (χ0n) is 17.5. The second-order valence-electron chi connectivity index (χ2n) is 8.17. The first-order valence-electron chi connectivity index (χ1n) is 11.0. The number of hydrogen-bond donors (Lipinski definition) is 0. The molecule has 162 valence electrons. The highest BCUT2D eigenvalue weighted by Gasteiger charge is 2.29. The molecule has 2 saturated heterocycles. The molecule has 6 nitrogen and oxygen atoms in total. The third-order valence-electron chi connectivity index (χ3n) is 6.08. The van der Waals surface area contributed by atoms with Crippen molar-refractivity contribution in [2.24, 2.45) is 5.92 Å². The summed E-state index contributed by atoms with van der Waals surface area (Å²) in [6.07, 6.45) is 1.86. The molecule has 0 N–H and O–H groups in total. The minimum atomic E-state index is 0.0787. The van der Waals surface area contributed by atoms with Crippen molar-refractivity contribution in [1.82, 2.24) is 14.8 Å². The van der Waals surface area contributed by atoms with E-state index in [1.165, 1.54) is 5.56 Å². The molecular formula is C24H27N3O3S. The fourth-order valence-electron chi connectivity index (χ4n) is 4.19. The summed E-state index contributed by atoms with van der Waals surface area (Å²) in [7, 11) is 0. The molecule has 1 atom stereocenters. The summed E-state index contributed by atoms with van der Waals surface area (Å²) in [6, 6.07) is 16.3. The van der Waals surface area contributed by atoms with Gasteiger partial charge in [0.25, 0.3) is 5.19 Å². The molecule has 31 heavy (non-hydrogen) atoms. The van der Waals surface area contributed by atoms with E-state index < -0.39 is 0 Å². The topological polar surface area (TPSA) is 54.9 Å². The number of aromatic nitrogens is 1. The molecule has 2 aliphatic rings. The Balaban J connectivity index is 1.08. The number of amides is 1. The highest BCUT2D eigenvalue weighted by atomic mass is 32.1. The Morgan fingerprint density at radius 2 is 1.90 bits per heavy atom. The smallest absolute Gasteiger partial charge is 0.279 e. The van der Waals surface area contributed by atoms with Crippen LogP contribution in [0.15, 0.2) is 48.5 Å². The molecule has 1 amide bonds. The monoisotopic (exact) mass is 437 g/mol. The molecule has 0 aliphatic carbocycles. The van der Waals surface area contributed by atoms with E-state index in [9.17, 15) is 4.79 Å². The average Bonchev–Trinajstić information content (AvgIpc) is 3.48. The SMILES string of the molecule is O=C(C1CCOC1)N1CCN(CCc2ccc(Oc3nc4ccccc4s3)cc2)CC1. The van der Waals surface area contributed by atoms with Gasteiger partial charge in [0, 0.05) is 39.3 Å². The van der Waals surface area contributed by atoms with Gasteiger partial charge in [-0.2, -0.15) is 0 Å². The van der Waals surface area contributed by atoms with Gasteiger partial charge in [-0.25, -0.2) is 4.98 Å². The van der Waals surface area contributed by atoms with Crippen LogP contribution >= 0.6 is 11.3 Å². The minimum Gasteiger partial charge on any atom is -0.431 e. The summed E-state index contributed by atoms with van der Waals surface area (Å²) in [5.41, 5.74) is 2.26. The molecule has 0 saturated carbocycles. The summed E-state index contributed by atoms with van der Waals surface area (Å²) in [4.78, 5) is 21.5. The summed E-state index contributed by atoms with van der Waals surface area (Å²) in [5, 5.41) is 0.672. The minimum absolute atomic E-state index is 0.0787. The van der Waals surface area contributed by atoms with Crippen molar-refractivity contribution in [2.75, 3.05) is 45.9 Å². The molecule has 2 fully saturated rings. The van der Waals surface area contributed by atoms with Crippen molar-refractivity contribution < 1.29 is 14.3 Å². The van der Waals surface area contributed by atoms with E-state index in [4.69, 9.17) is 9.47 Å². The van der Waals surface area contributed by atoms with Crippen LogP contribution in [0.3, 0.4) is 0 Å². The van der Waals surface area contributed by atoms with Crippen LogP contribution in [-0.4, -0.2) is 66.6 Å². The van der Waals surface area contributed by atoms with Crippen LogP contribution in [0.4, 0.5) is 0 Å². The molecule has 5 rings (SSSR count). The molecule has 3 aromatic rings. The maximum absolute atomic E-state index is 12.5. The second-order valence-corrected chi connectivity index (χ2v) is 9.16. The number of benzene rings is 2. The standard InChI is InChI=1S/C24H27N3O3S/c28-23(19-10-16-29-17-19)27-14-12-26(13-15-27)11-9-18-5-7-20(8-6-18)30-24-25-21-3-1-2-4-22(21)31-24/h1-8,19H,9-17H2. The summed E-state index contributed by atoms with van der Waals surface area (Å²) < 4.78 is 12.4. The number of fused-ring (bicyclic) bond motifs is 1. The predicted octanol–water partition coefficient (Wildman–Crippen LogP) is 3.81. The summed E-state index contributed by atoms with van der Waals surface area (Å²) >= 11 is 1.56. The molecule has 2 aliphatic heterocycles. The molecule has 1 unspecified atom stereocenters. The Bertz CT molecular complexity index is 989. The van der Waals surface area contributed by atoms with Crippen LogP contribution in [0.5, 0.6) is 10.9 Å². The average molecular weight is 438 g/mol. The van der Waals surface area contributed by atoms with Gasteiger partial charge in [-0.1, -0.05) is 35.6 Å². The van der Waals surface area contributed by atoms with Crippen molar-refractivity contribution in [1.29, 1.82) is 0 Å². The normalized spacial score (nSPS) is 19.7. The fraction of sp³-hybridized carbons (Fsp3) is 0.417. The number of carbonyl (C=O) groups is 1. The molecule has 1 aromatic heterocycles. The Morgan fingerprint density at radius 1 is 1.10 bits per heavy atom. The zero-order valence-corrected chi connectivity index (χ0v) is 18.4. The first-order valence-corrected chi connectivity index (χ1v) is 11.8. The zero-order chi connectivity index (χ0) is 21.0. The van der Waals surface area contributed by atoms with Crippen LogP contribution in [0.25, 0.3) is 10.2 Å². The Morgan fingerprint density at radius 3 is 2.65 bits per heavy atom. The number of para-hydroxylation sites is 1. The number of ether oxygens (including phenoxy) is 2. The highest BCUT2D eigenvalue weighted by Crippen LogP contribution is 2.31. The van der Waals surface area contributed by atoms with Crippen LogP contribution in [0, 0.1) is 5.92 Å². The lowest BCUT2D eigenvalue weighted by Crippen LogP contribution is -2.50. The van der Waals surface area contributed by atoms with E-state index in [1.807, 2.05) is 35.2 Å². The van der Waals surface area contributed by atoms with Gasteiger partial charge in [0.05, 0.1) is 22.7 Å². The van der Waals surface area contributed by atoms with E-state index in [0.29, 0.717) is 11.8 Å². The summed E-state index contributed by atoms with van der Waals surface area (Å²) in [6.45, 7) is 5.86. The van der Waals surface area contributed by atoms with Gasteiger partial charge < -0.3 is 14.4 Å². The third-order valence-corrected chi connectivity index (χ3v) is 7.00. The van der Waals surface area contributed by atoms with Gasteiger partial charge in [-0.3, -0.25) is 9.69 Å². The number of nitrogens with zero attached hydrogens (tertiary/aromatic N) is 3. The maximum atomic E-state index is 12.5.